The van der Waals surface area contributed by atoms with Gasteiger partial charge >= 0.3 is 0 Å². The SMILES string of the molecule is Cc1c(Cl)cc(-n2cnnn2)c(O)c1Cl. The van der Waals surface area contributed by atoms with Crippen molar-refractivity contribution in [2.45, 2.75) is 6.92 Å². The largest absolute Gasteiger partial charge is 0.504 e. The van der Waals surface area contributed by atoms with Crippen LogP contribution >= 0.6 is 23.2 Å². The van der Waals surface area contributed by atoms with Gasteiger partial charge in [0.1, 0.15) is 12.0 Å². The van der Waals surface area contributed by atoms with Crippen LogP contribution in [0.3, 0.4) is 0 Å². The van der Waals surface area contributed by atoms with Crippen molar-refractivity contribution in [3.05, 3.63) is 28.0 Å². The second-order valence-corrected chi connectivity index (χ2v) is 3.70. The number of benzene rings is 1. The highest BCUT2D eigenvalue weighted by Gasteiger charge is 2.14. The Labute approximate surface area is 95.2 Å². The summed E-state index contributed by atoms with van der Waals surface area (Å²) >= 11 is 11.8. The van der Waals surface area contributed by atoms with Gasteiger partial charge in [-0.15, -0.1) is 5.10 Å². The van der Waals surface area contributed by atoms with E-state index in [1.807, 2.05) is 0 Å². The average molecular weight is 245 g/mol. The van der Waals surface area contributed by atoms with E-state index in [2.05, 4.69) is 15.5 Å². The first-order valence-electron chi connectivity index (χ1n) is 4.02. The van der Waals surface area contributed by atoms with Gasteiger partial charge in [-0.3, -0.25) is 0 Å². The first kappa shape index (κ1) is 10.2. The summed E-state index contributed by atoms with van der Waals surface area (Å²) in [6.45, 7) is 1.72. The number of hydrogen-bond acceptors (Lipinski definition) is 4. The molecule has 1 heterocycles. The van der Waals surface area contributed by atoms with Crippen molar-refractivity contribution in [3.8, 4) is 11.4 Å². The van der Waals surface area contributed by atoms with Crippen LogP contribution in [0.25, 0.3) is 5.69 Å². The number of phenols is 1. The first-order chi connectivity index (χ1) is 7.11. The fourth-order valence-corrected chi connectivity index (χ4v) is 1.58. The van der Waals surface area contributed by atoms with E-state index in [9.17, 15) is 5.11 Å². The van der Waals surface area contributed by atoms with Crippen molar-refractivity contribution in [1.82, 2.24) is 20.2 Å². The van der Waals surface area contributed by atoms with E-state index in [4.69, 9.17) is 23.2 Å². The number of nitrogens with zero attached hydrogens (tertiary/aromatic N) is 4. The number of aromatic hydroxyl groups is 1. The van der Waals surface area contributed by atoms with Gasteiger partial charge in [-0.2, -0.15) is 4.68 Å². The number of halogens is 2. The molecule has 0 spiro atoms. The lowest BCUT2D eigenvalue weighted by Gasteiger charge is -2.08. The molecular weight excluding hydrogens is 239 g/mol. The quantitative estimate of drug-likeness (QED) is 0.834. The van der Waals surface area contributed by atoms with Crippen molar-refractivity contribution in [1.29, 1.82) is 0 Å². The highest BCUT2D eigenvalue weighted by atomic mass is 35.5. The zero-order valence-electron chi connectivity index (χ0n) is 7.65. The molecule has 0 saturated heterocycles. The van der Waals surface area contributed by atoms with Crippen LogP contribution < -0.4 is 0 Å². The molecule has 1 aromatic carbocycles. The monoisotopic (exact) mass is 244 g/mol. The van der Waals surface area contributed by atoms with Crippen molar-refractivity contribution in [3.63, 3.8) is 0 Å². The number of phenolic OH excluding ortho intramolecular Hbond substituents is 1. The highest BCUT2D eigenvalue weighted by molar-refractivity contribution is 6.37. The molecule has 5 nitrogen and oxygen atoms in total. The zero-order valence-corrected chi connectivity index (χ0v) is 9.16. The molecule has 0 aliphatic rings. The Balaban J connectivity index is 2.69. The maximum absolute atomic E-state index is 9.77. The van der Waals surface area contributed by atoms with Gasteiger partial charge in [0.15, 0.2) is 5.75 Å². The van der Waals surface area contributed by atoms with Crippen LogP contribution in [0, 0.1) is 6.92 Å². The molecule has 0 bridgehead atoms. The molecule has 0 radical (unpaired) electrons. The second kappa shape index (κ2) is 3.67. The van der Waals surface area contributed by atoms with Gasteiger partial charge in [0, 0.05) is 5.02 Å². The Bertz CT molecular complexity index is 498. The zero-order chi connectivity index (χ0) is 11.0. The normalized spacial score (nSPS) is 10.6. The second-order valence-electron chi connectivity index (χ2n) is 2.92. The van der Waals surface area contributed by atoms with E-state index in [1.54, 1.807) is 13.0 Å². The van der Waals surface area contributed by atoms with E-state index in [-0.39, 0.29) is 10.8 Å². The van der Waals surface area contributed by atoms with Crippen molar-refractivity contribution in [2.75, 3.05) is 0 Å². The van der Waals surface area contributed by atoms with Gasteiger partial charge in [-0.25, -0.2) is 0 Å². The van der Waals surface area contributed by atoms with Crippen molar-refractivity contribution < 1.29 is 5.11 Å². The van der Waals surface area contributed by atoms with E-state index in [0.29, 0.717) is 16.3 Å². The Kier molecular flexibility index (Phi) is 2.50. The molecule has 2 rings (SSSR count). The summed E-state index contributed by atoms with van der Waals surface area (Å²) in [6, 6.07) is 1.55. The third-order valence-corrected chi connectivity index (χ3v) is 2.85. The molecule has 0 amide bonds. The van der Waals surface area contributed by atoms with E-state index in [0.717, 1.165) is 0 Å². The molecule has 0 fully saturated rings. The Hall–Kier alpha value is -1.33. The Morgan fingerprint density at radius 3 is 2.73 bits per heavy atom. The van der Waals surface area contributed by atoms with Crippen molar-refractivity contribution >= 4 is 23.2 Å². The molecule has 0 unspecified atom stereocenters. The molecule has 78 valence electrons. The lowest BCUT2D eigenvalue weighted by molar-refractivity contribution is 0.469. The summed E-state index contributed by atoms with van der Waals surface area (Å²) in [7, 11) is 0. The predicted molar refractivity (Wildman–Crippen MR) is 55.6 cm³/mol. The summed E-state index contributed by atoms with van der Waals surface area (Å²) in [4.78, 5) is 0. The van der Waals surface area contributed by atoms with Gasteiger partial charge < -0.3 is 5.11 Å². The lowest BCUT2D eigenvalue weighted by atomic mass is 10.2. The summed E-state index contributed by atoms with van der Waals surface area (Å²) in [5.41, 5.74) is 0.966. The van der Waals surface area contributed by atoms with Crippen LogP contribution in [0.15, 0.2) is 12.4 Å². The van der Waals surface area contributed by atoms with E-state index in [1.165, 1.54) is 11.0 Å². The number of aromatic nitrogens is 4. The molecule has 15 heavy (non-hydrogen) atoms. The van der Waals surface area contributed by atoms with Crippen molar-refractivity contribution in [2.24, 2.45) is 0 Å². The molecule has 7 heteroatoms. The summed E-state index contributed by atoms with van der Waals surface area (Å²) in [5.74, 6) is -0.0918. The fraction of sp³-hybridized carbons (Fsp3) is 0.125. The van der Waals surface area contributed by atoms with Gasteiger partial charge in [-0.1, -0.05) is 23.2 Å². The molecule has 0 aliphatic carbocycles. The van der Waals surface area contributed by atoms with Gasteiger partial charge in [0.05, 0.1) is 5.02 Å². The fourth-order valence-electron chi connectivity index (χ4n) is 1.14. The minimum atomic E-state index is -0.0918. The number of tetrazole rings is 1. The molecular formula is C8H6Cl2N4O. The summed E-state index contributed by atoms with van der Waals surface area (Å²) in [5, 5.41) is 21.0. The maximum Gasteiger partial charge on any atom is 0.160 e. The first-order valence-corrected chi connectivity index (χ1v) is 4.77. The number of hydrogen-bond donors (Lipinski definition) is 1. The average Bonchev–Trinajstić information content (AvgIpc) is 2.73. The molecule has 1 aromatic heterocycles. The van der Waals surface area contributed by atoms with Crippen LogP contribution in [0.2, 0.25) is 10.0 Å². The molecule has 0 aliphatic heterocycles. The lowest BCUT2D eigenvalue weighted by Crippen LogP contribution is -1.97. The number of rotatable bonds is 1. The molecule has 0 atom stereocenters. The topological polar surface area (TPSA) is 63.8 Å². The molecule has 1 N–H and O–H groups in total. The molecule has 2 aromatic rings. The summed E-state index contributed by atoms with van der Waals surface area (Å²) < 4.78 is 1.28. The van der Waals surface area contributed by atoms with E-state index < -0.39 is 0 Å². The van der Waals surface area contributed by atoms with Crippen LogP contribution in [-0.4, -0.2) is 25.3 Å². The minimum Gasteiger partial charge on any atom is -0.504 e. The third kappa shape index (κ3) is 1.64. The van der Waals surface area contributed by atoms with Gasteiger partial charge in [-0.05, 0) is 29.0 Å². The standard InChI is InChI=1S/C8H6Cl2N4O/c1-4-5(9)2-6(8(15)7(4)10)14-3-11-12-13-14/h2-3,15H,1H3. The highest BCUT2D eigenvalue weighted by Crippen LogP contribution is 2.36. The minimum absolute atomic E-state index is 0.0918. The smallest absolute Gasteiger partial charge is 0.160 e. The van der Waals surface area contributed by atoms with Gasteiger partial charge in [0.2, 0.25) is 0 Å². The molecule has 0 saturated carbocycles. The van der Waals surface area contributed by atoms with Crippen LogP contribution in [0.5, 0.6) is 5.75 Å². The van der Waals surface area contributed by atoms with Gasteiger partial charge in [0.25, 0.3) is 0 Å². The van der Waals surface area contributed by atoms with Crippen LogP contribution in [-0.2, 0) is 0 Å². The van der Waals surface area contributed by atoms with Crippen LogP contribution in [0.1, 0.15) is 5.56 Å². The predicted octanol–water partition coefficient (Wildman–Crippen LogP) is 1.98. The maximum atomic E-state index is 9.77. The Morgan fingerprint density at radius 2 is 2.13 bits per heavy atom. The summed E-state index contributed by atoms with van der Waals surface area (Å²) in [6.07, 6.45) is 1.34. The Morgan fingerprint density at radius 1 is 1.40 bits per heavy atom. The van der Waals surface area contributed by atoms with E-state index >= 15 is 0 Å². The third-order valence-electron chi connectivity index (χ3n) is 2.00. The van der Waals surface area contributed by atoms with Crippen LogP contribution in [0.4, 0.5) is 0 Å².